The van der Waals surface area contributed by atoms with E-state index in [1.165, 1.54) is 12.4 Å². The SMILES string of the molecule is CCCNc1ncnc(-c2c(C)cc(C)cc2F)c1OC. The van der Waals surface area contributed by atoms with Gasteiger partial charge in [0, 0.05) is 12.1 Å². The van der Waals surface area contributed by atoms with E-state index < -0.39 is 0 Å². The van der Waals surface area contributed by atoms with Gasteiger partial charge in [-0.3, -0.25) is 0 Å². The zero-order valence-electron chi connectivity index (χ0n) is 12.8. The predicted octanol–water partition coefficient (Wildman–Crippen LogP) is 3.73. The van der Waals surface area contributed by atoms with Crippen LogP contribution in [0, 0.1) is 19.7 Å². The first-order valence-electron chi connectivity index (χ1n) is 6.98. The van der Waals surface area contributed by atoms with E-state index in [0.29, 0.717) is 22.8 Å². The van der Waals surface area contributed by atoms with Gasteiger partial charge in [0.2, 0.25) is 0 Å². The molecule has 5 heteroatoms. The lowest BCUT2D eigenvalue weighted by Gasteiger charge is -2.15. The average Bonchev–Trinajstić information content (AvgIpc) is 2.44. The molecule has 112 valence electrons. The van der Waals surface area contributed by atoms with Gasteiger partial charge in [0.25, 0.3) is 0 Å². The van der Waals surface area contributed by atoms with Gasteiger partial charge in [0.05, 0.1) is 7.11 Å². The molecule has 2 aromatic rings. The summed E-state index contributed by atoms with van der Waals surface area (Å²) in [6.45, 7) is 6.56. The second-order valence-corrected chi connectivity index (χ2v) is 4.97. The predicted molar refractivity (Wildman–Crippen MR) is 82.2 cm³/mol. The summed E-state index contributed by atoms with van der Waals surface area (Å²) in [5, 5.41) is 3.18. The number of ether oxygens (including phenoxy) is 1. The van der Waals surface area contributed by atoms with Crippen LogP contribution in [0.2, 0.25) is 0 Å². The molecule has 1 aromatic carbocycles. The molecule has 2 rings (SSSR count). The molecule has 0 aliphatic carbocycles. The lowest BCUT2D eigenvalue weighted by atomic mass is 10.0. The average molecular weight is 289 g/mol. The van der Waals surface area contributed by atoms with E-state index in [-0.39, 0.29) is 5.82 Å². The standard InChI is InChI=1S/C16H20FN3O/c1-5-6-18-16-15(21-4)14(19-9-20-16)13-11(3)7-10(2)8-12(13)17/h7-9H,5-6H2,1-4H3,(H,18,19,20). The first-order chi connectivity index (χ1) is 10.1. The minimum Gasteiger partial charge on any atom is -0.491 e. The molecule has 0 aliphatic rings. The number of halogens is 1. The number of nitrogens with one attached hydrogen (secondary N) is 1. The monoisotopic (exact) mass is 289 g/mol. The summed E-state index contributed by atoms with van der Waals surface area (Å²) in [5.41, 5.74) is 2.64. The molecule has 21 heavy (non-hydrogen) atoms. The number of anilines is 1. The number of hydrogen-bond donors (Lipinski definition) is 1. The number of nitrogens with zero attached hydrogens (tertiary/aromatic N) is 2. The van der Waals surface area contributed by atoms with Gasteiger partial charge in [-0.05, 0) is 37.5 Å². The fraction of sp³-hybridized carbons (Fsp3) is 0.375. The van der Waals surface area contributed by atoms with Crippen LogP contribution in [0.1, 0.15) is 24.5 Å². The Labute approximate surface area is 124 Å². The number of hydrogen-bond acceptors (Lipinski definition) is 4. The molecule has 0 bridgehead atoms. The lowest BCUT2D eigenvalue weighted by molar-refractivity contribution is 0.414. The first kappa shape index (κ1) is 15.2. The molecule has 4 nitrogen and oxygen atoms in total. The summed E-state index contributed by atoms with van der Waals surface area (Å²) in [6, 6.07) is 3.43. The normalized spacial score (nSPS) is 10.5. The van der Waals surface area contributed by atoms with E-state index in [1.54, 1.807) is 7.11 Å². The van der Waals surface area contributed by atoms with Crippen molar-refractivity contribution in [1.82, 2.24) is 9.97 Å². The quantitative estimate of drug-likeness (QED) is 0.911. The van der Waals surface area contributed by atoms with E-state index in [0.717, 1.165) is 24.1 Å². The molecule has 0 saturated carbocycles. The van der Waals surface area contributed by atoms with E-state index in [9.17, 15) is 4.39 Å². The topological polar surface area (TPSA) is 47.0 Å². The third-order valence-electron chi connectivity index (χ3n) is 3.22. The summed E-state index contributed by atoms with van der Waals surface area (Å²) in [4.78, 5) is 8.40. The second kappa shape index (κ2) is 6.52. The van der Waals surface area contributed by atoms with Crippen LogP contribution in [0.15, 0.2) is 18.5 Å². The van der Waals surface area contributed by atoms with Crippen LogP contribution in [0.4, 0.5) is 10.2 Å². The molecule has 0 aliphatic heterocycles. The van der Waals surface area contributed by atoms with Crippen molar-refractivity contribution in [2.24, 2.45) is 0 Å². The molecule has 1 N–H and O–H groups in total. The molecule has 0 spiro atoms. The molecular weight excluding hydrogens is 269 g/mol. The summed E-state index contributed by atoms with van der Waals surface area (Å²) in [6.07, 6.45) is 2.38. The van der Waals surface area contributed by atoms with Crippen molar-refractivity contribution in [1.29, 1.82) is 0 Å². The van der Waals surface area contributed by atoms with Crippen LogP contribution >= 0.6 is 0 Å². The Balaban J connectivity index is 2.59. The number of methoxy groups -OCH3 is 1. The smallest absolute Gasteiger partial charge is 0.187 e. The van der Waals surface area contributed by atoms with Crippen LogP contribution in [0.3, 0.4) is 0 Å². The van der Waals surface area contributed by atoms with Crippen LogP contribution in [-0.2, 0) is 0 Å². The highest BCUT2D eigenvalue weighted by Gasteiger charge is 2.19. The number of benzene rings is 1. The molecular formula is C16H20FN3O. The maximum Gasteiger partial charge on any atom is 0.187 e. The molecule has 0 unspecified atom stereocenters. The Hall–Kier alpha value is -2.17. The van der Waals surface area contributed by atoms with Gasteiger partial charge in [-0.15, -0.1) is 0 Å². The Kier molecular flexibility index (Phi) is 4.73. The Morgan fingerprint density at radius 3 is 2.62 bits per heavy atom. The molecule has 1 heterocycles. The highest BCUT2D eigenvalue weighted by atomic mass is 19.1. The van der Waals surface area contributed by atoms with Gasteiger partial charge in [-0.1, -0.05) is 13.0 Å². The van der Waals surface area contributed by atoms with E-state index >= 15 is 0 Å². The van der Waals surface area contributed by atoms with Crippen LogP contribution in [-0.4, -0.2) is 23.6 Å². The lowest BCUT2D eigenvalue weighted by Crippen LogP contribution is -2.06. The molecule has 0 radical (unpaired) electrons. The Morgan fingerprint density at radius 1 is 1.24 bits per heavy atom. The number of aryl methyl sites for hydroxylation is 2. The molecule has 0 saturated heterocycles. The van der Waals surface area contributed by atoms with Gasteiger partial charge in [-0.2, -0.15) is 0 Å². The summed E-state index contributed by atoms with van der Waals surface area (Å²) < 4.78 is 19.8. The van der Waals surface area contributed by atoms with Gasteiger partial charge >= 0.3 is 0 Å². The van der Waals surface area contributed by atoms with Crippen LogP contribution < -0.4 is 10.1 Å². The number of aromatic nitrogens is 2. The highest BCUT2D eigenvalue weighted by molar-refractivity contribution is 5.75. The highest BCUT2D eigenvalue weighted by Crippen LogP contribution is 2.36. The van der Waals surface area contributed by atoms with Gasteiger partial charge in [-0.25, -0.2) is 14.4 Å². The maximum absolute atomic E-state index is 14.4. The maximum atomic E-state index is 14.4. The van der Waals surface area contributed by atoms with Crippen molar-refractivity contribution in [2.75, 3.05) is 19.0 Å². The molecule has 1 aromatic heterocycles. The van der Waals surface area contributed by atoms with Crippen molar-refractivity contribution in [3.05, 3.63) is 35.4 Å². The van der Waals surface area contributed by atoms with Crippen LogP contribution in [0.25, 0.3) is 11.3 Å². The molecule has 0 fully saturated rings. The first-order valence-corrected chi connectivity index (χ1v) is 6.98. The van der Waals surface area contributed by atoms with Gasteiger partial charge in [0.1, 0.15) is 17.8 Å². The summed E-state index contributed by atoms with van der Waals surface area (Å²) >= 11 is 0. The summed E-state index contributed by atoms with van der Waals surface area (Å²) in [5.74, 6) is 0.756. The van der Waals surface area contributed by atoms with Crippen molar-refractivity contribution in [3.8, 4) is 17.0 Å². The van der Waals surface area contributed by atoms with Crippen LogP contribution in [0.5, 0.6) is 5.75 Å². The van der Waals surface area contributed by atoms with E-state index in [4.69, 9.17) is 4.74 Å². The van der Waals surface area contributed by atoms with Crippen molar-refractivity contribution >= 4 is 5.82 Å². The molecule has 0 amide bonds. The fourth-order valence-electron chi connectivity index (χ4n) is 2.33. The summed E-state index contributed by atoms with van der Waals surface area (Å²) in [7, 11) is 1.54. The minimum absolute atomic E-state index is 0.300. The Bertz CT molecular complexity index is 620. The second-order valence-electron chi connectivity index (χ2n) is 4.97. The minimum atomic E-state index is -0.300. The van der Waals surface area contributed by atoms with Gasteiger partial charge < -0.3 is 10.1 Å². The van der Waals surface area contributed by atoms with Gasteiger partial charge in [0.15, 0.2) is 11.6 Å². The molecule has 0 atom stereocenters. The van der Waals surface area contributed by atoms with E-state index in [1.807, 2.05) is 19.9 Å². The van der Waals surface area contributed by atoms with Crippen molar-refractivity contribution in [2.45, 2.75) is 27.2 Å². The third kappa shape index (κ3) is 3.12. The largest absolute Gasteiger partial charge is 0.491 e. The fourth-order valence-corrected chi connectivity index (χ4v) is 2.33. The zero-order valence-corrected chi connectivity index (χ0v) is 12.8. The Morgan fingerprint density at radius 2 is 2.00 bits per heavy atom. The zero-order chi connectivity index (χ0) is 15.4. The van der Waals surface area contributed by atoms with E-state index in [2.05, 4.69) is 22.2 Å². The third-order valence-corrected chi connectivity index (χ3v) is 3.22. The van der Waals surface area contributed by atoms with Crippen molar-refractivity contribution < 1.29 is 9.13 Å². The van der Waals surface area contributed by atoms with Crippen molar-refractivity contribution in [3.63, 3.8) is 0 Å². The number of rotatable bonds is 5.